The summed E-state index contributed by atoms with van der Waals surface area (Å²) < 4.78 is 0. The molecular weight excluding hydrogens is 386 g/mol. The highest BCUT2D eigenvalue weighted by Gasteiger charge is 2.28. The van der Waals surface area contributed by atoms with Gasteiger partial charge >= 0.3 is 6.03 Å². The molecule has 0 spiro atoms. The number of carbonyl (C=O) groups excluding carboxylic acids is 2. The molecule has 3 aromatic rings. The zero-order chi connectivity index (χ0) is 21.6. The Bertz CT molecular complexity index is 989. The Morgan fingerprint density at radius 1 is 0.774 bits per heavy atom. The number of hydrogen-bond acceptors (Lipinski definition) is 3. The van der Waals surface area contributed by atoms with Crippen LogP contribution in [-0.4, -0.2) is 47.8 Å². The fourth-order valence-corrected chi connectivity index (χ4v) is 4.09. The van der Waals surface area contributed by atoms with Crippen LogP contribution in [0.15, 0.2) is 84.9 Å². The number of amides is 2. The molecule has 0 aromatic heterocycles. The van der Waals surface area contributed by atoms with Gasteiger partial charge in [0.15, 0.2) is 5.78 Å². The fourth-order valence-electron chi connectivity index (χ4n) is 4.09. The lowest BCUT2D eigenvalue weighted by Gasteiger charge is -2.39. The maximum atomic E-state index is 12.8. The van der Waals surface area contributed by atoms with Crippen LogP contribution in [0.3, 0.4) is 0 Å². The smallest absolute Gasteiger partial charge is 0.321 e. The van der Waals surface area contributed by atoms with Crippen molar-refractivity contribution in [3.05, 3.63) is 102 Å². The second-order valence-electron chi connectivity index (χ2n) is 7.81. The van der Waals surface area contributed by atoms with Crippen LogP contribution in [0.25, 0.3) is 0 Å². The minimum atomic E-state index is -0.128. The van der Waals surface area contributed by atoms with Crippen LogP contribution in [0.1, 0.15) is 34.5 Å². The summed E-state index contributed by atoms with van der Waals surface area (Å²) in [6.45, 7) is 4.39. The predicted molar refractivity (Wildman–Crippen MR) is 123 cm³/mol. The van der Waals surface area contributed by atoms with Gasteiger partial charge in [0, 0.05) is 37.4 Å². The lowest BCUT2D eigenvalue weighted by Crippen LogP contribution is -2.51. The first-order valence-electron chi connectivity index (χ1n) is 10.6. The van der Waals surface area contributed by atoms with Gasteiger partial charge in [-0.2, -0.15) is 0 Å². The number of hydrogen-bond donors (Lipinski definition) is 1. The van der Waals surface area contributed by atoms with E-state index in [4.69, 9.17) is 0 Å². The van der Waals surface area contributed by atoms with Gasteiger partial charge in [-0.25, -0.2) is 4.79 Å². The van der Waals surface area contributed by atoms with E-state index in [-0.39, 0.29) is 17.9 Å². The van der Waals surface area contributed by atoms with Gasteiger partial charge in [0.2, 0.25) is 0 Å². The van der Waals surface area contributed by atoms with Crippen LogP contribution >= 0.6 is 0 Å². The Morgan fingerprint density at radius 2 is 1.35 bits per heavy atom. The van der Waals surface area contributed by atoms with Crippen molar-refractivity contribution >= 4 is 17.5 Å². The molecule has 0 bridgehead atoms. The molecule has 0 radical (unpaired) electrons. The number of nitrogens with zero attached hydrogens (tertiary/aromatic N) is 2. The van der Waals surface area contributed by atoms with E-state index in [1.54, 1.807) is 24.3 Å². The van der Waals surface area contributed by atoms with E-state index in [1.165, 1.54) is 18.1 Å². The second kappa shape index (κ2) is 9.58. The summed E-state index contributed by atoms with van der Waals surface area (Å²) in [4.78, 5) is 28.6. The fraction of sp³-hybridized carbons (Fsp3) is 0.231. The van der Waals surface area contributed by atoms with Gasteiger partial charge in [-0.15, -0.1) is 0 Å². The zero-order valence-electron chi connectivity index (χ0n) is 17.7. The number of benzene rings is 3. The van der Waals surface area contributed by atoms with Gasteiger partial charge in [0.1, 0.15) is 0 Å². The molecule has 4 rings (SSSR count). The van der Waals surface area contributed by atoms with Crippen LogP contribution in [0.4, 0.5) is 10.5 Å². The van der Waals surface area contributed by atoms with Crippen molar-refractivity contribution in [3.8, 4) is 0 Å². The summed E-state index contributed by atoms with van der Waals surface area (Å²) in [6.07, 6.45) is 0. The first-order valence-corrected chi connectivity index (χ1v) is 10.6. The standard InChI is InChI=1S/C26H27N3O2/c1-20(30)23-13-8-14-24(19-23)27-26(31)29-17-15-28(16-18-29)25(21-9-4-2-5-10-21)22-11-6-3-7-12-22/h2-14,19,25H,15-18H2,1H3,(H,27,31). The van der Waals surface area contributed by atoms with Gasteiger partial charge in [-0.1, -0.05) is 72.8 Å². The Balaban J connectivity index is 1.43. The Labute approximate surface area is 183 Å². The Kier molecular flexibility index (Phi) is 6.43. The van der Waals surface area contributed by atoms with Crippen molar-refractivity contribution in [1.82, 2.24) is 9.80 Å². The lowest BCUT2D eigenvalue weighted by molar-refractivity contribution is 0.101. The maximum absolute atomic E-state index is 12.8. The van der Waals surface area contributed by atoms with Crippen molar-refractivity contribution in [3.63, 3.8) is 0 Å². The number of Topliss-reactive ketones (excluding diaryl/α,β-unsaturated/α-hetero) is 1. The number of nitrogens with one attached hydrogen (secondary N) is 1. The number of anilines is 1. The van der Waals surface area contributed by atoms with E-state index < -0.39 is 0 Å². The van der Waals surface area contributed by atoms with Crippen LogP contribution in [0.5, 0.6) is 0 Å². The molecule has 1 N–H and O–H groups in total. The van der Waals surface area contributed by atoms with Crippen LogP contribution < -0.4 is 5.32 Å². The van der Waals surface area contributed by atoms with Crippen LogP contribution in [0, 0.1) is 0 Å². The molecule has 1 fully saturated rings. The molecule has 0 atom stereocenters. The van der Waals surface area contributed by atoms with E-state index in [1.807, 2.05) is 17.0 Å². The van der Waals surface area contributed by atoms with E-state index in [0.29, 0.717) is 24.3 Å². The molecule has 0 saturated carbocycles. The quantitative estimate of drug-likeness (QED) is 0.610. The normalized spacial score (nSPS) is 14.5. The average Bonchev–Trinajstić information content (AvgIpc) is 2.81. The topological polar surface area (TPSA) is 52.7 Å². The molecule has 1 aliphatic heterocycles. The molecule has 3 aromatic carbocycles. The summed E-state index contributed by atoms with van der Waals surface area (Å²) >= 11 is 0. The van der Waals surface area contributed by atoms with Gasteiger partial charge < -0.3 is 10.2 Å². The van der Waals surface area contributed by atoms with Gasteiger partial charge in [-0.05, 0) is 30.2 Å². The van der Waals surface area contributed by atoms with Gasteiger partial charge in [-0.3, -0.25) is 9.69 Å². The molecule has 1 aliphatic rings. The Morgan fingerprint density at radius 3 is 1.90 bits per heavy atom. The van der Waals surface area contributed by atoms with E-state index >= 15 is 0 Å². The molecule has 2 amide bonds. The van der Waals surface area contributed by atoms with E-state index in [9.17, 15) is 9.59 Å². The van der Waals surface area contributed by atoms with Crippen LogP contribution in [-0.2, 0) is 0 Å². The summed E-state index contributed by atoms with van der Waals surface area (Å²) in [6, 6.07) is 28.1. The van der Waals surface area contributed by atoms with Crippen molar-refractivity contribution in [2.24, 2.45) is 0 Å². The molecule has 5 nitrogen and oxygen atoms in total. The number of ketones is 1. The molecule has 31 heavy (non-hydrogen) atoms. The summed E-state index contributed by atoms with van der Waals surface area (Å²) in [5.74, 6) is -0.0161. The minimum absolute atomic E-state index is 0.0161. The zero-order valence-corrected chi connectivity index (χ0v) is 17.7. The SMILES string of the molecule is CC(=O)c1cccc(NC(=O)N2CCN(C(c3ccccc3)c3ccccc3)CC2)c1. The summed E-state index contributed by atoms with van der Waals surface area (Å²) in [5.41, 5.74) is 3.75. The minimum Gasteiger partial charge on any atom is -0.322 e. The third-order valence-corrected chi connectivity index (χ3v) is 5.72. The average molecular weight is 414 g/mol. The van der Waals surface area contributed by atoms with E-state index in [2.05, 4.69) is 58.7 Å². The summed E-state index contributed by atoms with van der Waals surface area (Å²) in [5, 5.41) is 2.93. The molecule has 1 heterocycles. The Hall–Kier alpha value is -3.44. The van der Waals surface area contributed by atoms with Crippen molar-refractivity contribution in [1.29, 1.82) is 0 Å². The molecule has 1 saturated heterocycles. The monoisotopic (exact) mass is 413 g/mol. The highest BCUT2D eigenvalue weighted by atomic mass is 16.2. The van der Waals surface area contributed by atoms with Crippen molar-refractivity contribution < 1.29 is 9.59 Å². The number of carbonyl (C=O) groups is 2. The van der Waals surface area contributed by atoms with Crippen LogP contribution in [0.2, 0.25) is 0 Å². The van der Waals surface area contributed by atoms with Gasteiger partial charge in [0.25, 0.3) is 0 Å². The maximum Gasteiger partial charge on any atom is 0.321 e. The summed E-state index contributed by atoms with van der Waals surface area (Å²) in [7, 11) is 0. The van der Waals surface area contributed by atoms with Crippen molar-refractivity contribution in [2.75, 3.05) is 31.5 Å². The third-order valence-electron chi connectivity index (χ3n) is 5.72. The van der Waals surface area contributed by atoms with E-state index in [0.717, 1.165) is 13.1 Å². The van der Waals surface area contributed by atoms with Crippen molar-refractivity contribution in [2.45, 2.75) is 13.0 Å². The van der Waals surface area contributed by atoms with Gasteiger partial charge in [0.05, 0.1) is 6.04 Å². The molecular formula is C26H27N3O2. The third kappa shape index (κ3) is 5.01. The first kappa shape index (κ1) is 20.8. The lowest BCUT2D eigenvalue weighted by atomic mass is 9.96. The molecule has 0 aliphatic carbocycles. The highest BCUT2D eigenvalue weighted by Crippen LogP contribution is 2.29. The number of urea groups is 1. The predicted octanol–water partition coefficient (Wildman–Crippen LogP) is 4.83. The number of rotatable bonds is 5. The second-order valence-corrected chi connectivity index (χ2v) is 7.81. The number of piperazine rings is 1. The largest absolute Gasteiger partial charge is 0.322 e. The first-order chi connectivity index (χ1) is 15.1. The highest BCUT2D eigenvalue weighted by molar-refractivity contribution is 5.96. The molecule has 0 unspecified atom stereocenters. The molecule has 158 valence electrons. The molecule has 5 heteroatoms.